The Kier molecular flexibility index (Phi) is 6.25. The third kappa shape index (κ3) is 4.44. The number of aromatic nitrogens is 3. The van der Waals surface area contributed by atoms with Crippen molar-refractivity contribution < 1.29 is 17.9 Å². The summed E-state index contributed by atoms with van der Waals surface area (Å²) < 4.78 is 34.1. The SMILES string of the molecule is O=C(CSc1nnc2ccccn12)Nc1ccc(Cl)c(S(=O)(=O)N2CCOCC2)c1. The Morgan fingerprint density at radius 3 is 2.80 bits per heavy atom. The van der Waals surface area contributed by atoms with Gasteiger partial charge >= 0.3 is 0 Å². The second-order valence-corrected chi connectivity index (χ2v) is 9.67. The topological polar surface area (TPSA) is 106 Å². The Labute approximate surface area is 182 Å². The number of sulfonamides is 1. The summed E-state index contributed by atoms with van der Waals surface area (Å²) in [7, 11) is -3.78. The Morgan fingerprint density at radius 2 is 2.00 bits per heavy atom. The van der Waals surface area contributed by atoms with Gasteiger partial charge in [0.05, 0.1) is 24.0 Å². The van der Waals surface area contributed by atoms with Crippen LogP contribution in [-0.4, -0.2) is 65.3 Å². The van der Waals surface area contributed by atoms with Gasteiger partial charge in [0.2, 0.25) is 15.9 Å². The minimum absolute atomic E-state index is 0.0417. The average molecular weight is 468 g/mol. The van der Waals surface area contributed by atoms with Crippen LogP contribution < -0.4 is 5.32 Å². The number of ether oxygens (including phenoxy) is 1. The summed E-state index contributed by atoms with van der Waals surface area (Å²) in [6.45, 7) is 1.19. The van der Waals surface area contributed by atoms with Crippen LogP contribution in [0, 0.1) is 0 Å². The van der Waals surface area contributed by atoms with E-state index in [1.165, 1.54) is 28.2 Å². The van der Waals surface area contributed by atoms with Gasteiger partial charge in [0.1, 0.15) is 4.90 Å². The van der Waals surface area contributed by atoms with E-state index in [2.05, 4.69) is 15.5 Å². The Hall–Kier alpha value is -2.18. The fourth-order valence-electron chi connectivity index (χ4n) is 2.95. The number of carbonyl (C=O) groups is 1. The van der Waals surface area contributed by atoms with Gasteiger partial charge in [-0.3, -0.25) is 9.20 Å². The molecule has 30 heavy (non-hydrogen) atoms. The summed E-state index contributed by atoms with van der Waals surface area (Å²) in [5, 5.41) is 11.5. The average Bonchev–Trinajstić information content (AvgIpc) is 3.17. The molecule has 0 radical (unpaired) electrons. The van der Waals surface area contributed by atoms with Crippen molar-refractivity contribution in [2.24, 2.45) is 0 Å². The van der Waals surface area contributed by atoms with E-state index in [1.54, 1.807) is 10.5 Å². The van der Waals surface area contributed by atoms with Crippen molar-refractivity contribution in [1.29, 1.82) is 0 Å². The molecule has 1 N–H and O–H groups in total. The van der Waals surface area contributed by atoms with E-state index in [1.807, 2.05) is 24.4 Å². The lowest BCUT2D eigenvalue weighted by Crippen LogP contribution is -2.40. The molecule has 158 valence electrons. The van der Waals surface area contributed by atoms with Crippen molar-refractivity contribution in [3.05, 3.63) is 47.6 Å². The molecule has 1 saturated heterocycles. The number of amides is 1. The Morgan fingerprint density at radius 1 is 1.20 bits per heavy atom. The molecule has 1 amide bonds. The zero-order valence-corrected chi connectivity index (χ0v) is 18.1. The normalized spacial score (nSPS) is 15.4. The minimum Gasteiger partial charge on any atom is -0.379 e. The van der Waals surface area contributed by atoms with Crippen molar-refractivity contribution in [1.82, 2.24) is 18.9 Å². The lowest BCUT2D eigenvalue weighted by Gasteiger charge is -2.26. The molecule has 3 aromatic rings. The standard InChI is InChI=1S/C18H18ClN5O4S2/c19-14-5-4-13(11-15(14)30(26,27)23-7-9-28-10-8-23)20-17(25)12-29-18-22-21-16-3-1-2-6-24(16)18/h1-6,11H,7-10,12H2,(H,20,25). The molecule has 0 saturated carbocycles. The van der Waals surface area contributed by atoms with E-state index in [9.17, 15) is 13.2 Å². The molecule has 9 nitrogen and oxygen atoms in total. The summed E-state index contributed by atoms with van der Waals surface area (Å²) in [6.07, 6.45) is 1.82. The lowest BCUT2D eigenvalue weighted by atomic mass is 10.3. The number of thioether (sulfide) groups is 1. The zero-order chi connectivity index (χ0) is 21.1. The minimum atomic E-state index is -3.78. The number of pyridine rings is 1. The molecule has 3 heterocycles. The van der Waals surface area contributed by atoms with Crippen LogP contribution in [0.3, 0.4) is 0 Å². The Bertz CT molecular complexity index is 1180. The monoisotopic (exact) mass is 467 g/mol. The smallest absolute Gasteiger partial charge is 0.244 e. The van der Waals surface area contributed by atoms with Crippen LogP contribution >= 0.6 is 23.4 Å². The summed E-state index contributed by atoms with van der Waals surface area (Å²) in [5.41, 5.74) is 1.04. The number of morpholine rings is 1. The number of carbonyl (C=O) groups excluding carboxylic acids is 1. The first-order chi connectivity index (χ1) is 14.4. The predicted molar refractivity (Wildman–Crippen MR) is 113 cm³/mol. The number of nitrogens with zero attached hydrogens (tertiary/aromatic N) is 4. The summed E-state index contributed by atoms with van der Waals surface area (Å²) in [5.74, 6) is -0.214. The molecular weight excluding hydrogens is 450 g/mol. The first-order valence-corrected chi connectivity index (χ1v) is 11.9. The van der Waals surface area contributed by atoms with Crippen LogP contribution in [-0.2, 0) is 19.6 Å². The molecule has 1 aromatic carbocycles. The van der Waals surface area contributed by atoms with Crippen LogP contribution in [0.25, 0.3) is 5.65 Å². The molecule has 1 fully saturated rings. The maximum Gasteiger partial charge on any atom is 0.244 e. The molecule has 0 atom stereocenters. The fraction of sp³-hybridized carbons (Fsp3) is 0.278. The number of fused-ring (bicyclic) bond motifs is 1. The number of hydrogen-bond acceptors (Lipinski definition) is 7. The predicted octanol–water partition coefficient (Wildman–Crippen LogP) is 2.13. The number of rotatable bonds is 6. The van der Waals surface area contributed by atoms with Gasteiger partial charge in [-0.15, -0.1) is 10.2 Å². The van der Waals surface area contributed by atoms with Crippen LogP contribution in [0.5, 0.6) is 0 Å². The molecule has 1 aliphatic rings. The first-order valence-electron chi connectivity index (χ1n) is 9.05. The highest BCUT2D eigenvalue weighted by Crippen LogP contribution is 2.28. The second kappa shape index (κ2) is 8.90. The van der Waals surface area contributed by atoms with Crippen molar-refractivity contribution in [2.45, 2.75) is 10.1 Å². The number of benzene rings is 1. The van der Waals surface area contributed by atoms with Crippen LogP contribution in [0.2, 0.25) is 5.02 Å². The van der Waals surface area contributed by atoms with Crippen LogP contribution in [0.1, 0.15) is 0 Å². The molecule has 4 rings (SSSR count). The third-order valence-electron chi connectivity index (χ3n) is 4.42. The van der Waals surface area contributed by atoms with Gasteiger partial charge in [-0.2, -0.15) is 4.31 Å². The largest absolute Gasteiger partial charge is 0.379 e. The van der Waals surface area contributed by atoms with Gasteiger partial charge in [-0.05, 0) is 30.3 Å². The van der Waals surface area contributed by atoms with E-state index in [-0.39, 0.29) is 34.7 Å². The molecule has 0 spiro atoms. The van der Waals surface area contributed by atoms with Gasteiger partial charge < -0.3 is 10.1 Å². The highest BCUT2D eigenvalue weighted by molar-refractivity contribution is 7.99. The molecular formula is C18H18ClN5O4S2. The number of nitrogens with one attached hydrogen (secondary N) is 1. The number of anilines is 1. The molecule has 2 aromatic heterocycles. The lowest BCUT2D eigenvalue weighted by molar-refractivity contribution is -0.113. The second-order valence-electron chi connectivity index (χ2n) is 6.41. The summed E-state index contributed by atoms with van der Waals surface area (Å²) in [4.78, 5) is 12.4. The van der Waals surface area contributed by atoms with Crippen molar-refractivity contribution in [3.8, 4) is 0 Å². The van der Waals surface area contributed by atoms with Crippen LogP contribution in [0.15, 0.2) is 52.6 Å². The number of hydrogen-bond donors (Lipinski definition) is 1. The third-order valence-corrected chi connectivity index (χ3v) is 7.74. The van der Waals surface area contributed by atoms with Gasteiger partial charge in [0.15, 0.2) is 10.8 Å². The van der Waals surface area contributed by atoms with Gasteiger partial charge in [-0.1, -0.05) is 29.4 Å². The molecule has 0 unspecified atom stereocenters. The fourth-order valence-corrected chi connectivity index (χ4v) is 5.58. The van der Waals surface area contributed by atoms with E-state index in [0.29, 0.717) is 29.7 Å². The molecule has 1 aliphatic heterocycles. The van der Waals surface area contributed by atoms with E-state index >= 15 is 0 Å². The Balaban J connectivity index is 1.45. The summed E-state index contributed by atoms with van der Waals surface area (Å²) >= 11 is 7.38. The van der Waals surface area contributed by atoms with Crippen molar-refractivity contribution >= 4 is 50.6 Å². The summed E-state index contributed by atoms with van der Waals surface area (Å²) in [6, 6.07) is 9.93. The van der Waals surface area contributed by atoms with Gasteiger partial charge in [0, 0.05) is 25.0 Å². The highest BCUT2D eigenvalue weighted by atomic mass is 35.5. The van der Waals surface area contributed by atoms with E-state index < -0.39 is 10.0 Å². The van der Waals surface area contributed by atoms with Crippen LogP contribution in [0.4, 0.5) is 5.69 Å². The molecule has 12 heteroatoms. The maximum atomic E-state index is 12.9. The van der Waals surface area contributed by atoms with Crippen molar-refractivity contribution in [3.63, 3.8) is 0 Å². The van der Waals surface area contributed by atoms with E-state index in [4.69, 9.17) is 16.3 Å². The maximum absolute atomic E-state index is 12.9. The highest BCUT2D eigenvalue weighted by Gasteiger charge is 2.28. The quantitative estimate of drug-likeness (QED) is 0.553. The molecule has 0 aliphatic carbocycles. The number of halogens is 1. The van der Waals surface area contributed by atoms with Crippen molar-refractivity contribution in [2.75, 3.05) is 37.4 Å². The van der Waals surface area contributed by atoms with Gasteiger partial charge in [-0.25, -0.2) is 8.42 Å². The zero-order valence-electron chi connectivity index (χ0n) is 15.7. The van der Waals surface area contributed by atoms with E-state index in [0.717, 1.165) is 0 Å². The molecule has 0 bridgehead atoms. The first kappa shape index (κ1) is 21.1. The van der Waals surface area contributed by atoms with Gasteiger partial charge in [0.25, 0.3) is 0 Å².